The summed E-state index contributed by atoms with van der Waals surface area (Å²) in [4.78, 5) is 19.2. The van der Waals surface area contributed by atoms with E-state index in [0.29, 0.717) is 24.6 Å². The largest absolute Gasteiger partial charge is 0.494 e. The Balaban J connectivity index is 1.49. The number of ether oxygens (including phenoxy) is 1. The maximum Gasteiger partial charge on any atom is 0.253 e. The van der Waals surface area contributed by atoms with Crippen molar-refractivity contribution in [1.82, 2.24) is 30.0 Å². The Morgan fingerprint density at radius 1 is 1.21 bits per heavy atom. The van der Waals surface area contributed by atoms with Gasteiger partial charge in [0.15, 0.2) is 17.4 Å². The molecule has 1 aliphatic rings. The lowest BCUT2D eigenvalue weighted by Gasteiger charge is -2.22. The fourth-order valence-corrected chi connectivity index (χ4v) is 4.30. The van der Waals surface area contributed by atoms with E-state index in [4.69, 9.17) is 4.74 Å². The van der Waals surface area contributed by atoms with Crippen LogP contribution in [0.1, 0.15) is 53.9 Å². The molecule has 3 aromatic rings. The van der Waals surface area contributed by atoms with E-state index >= 15 is 0 Å². The average Bonchev–Trinajstić information content (AvgIpc) is 3.14. The zero-order valence-corrected chi connectivity index (χ0v) is 19.9. The first-order valence-corrected chi connectivity index (χ1v) is 11.6. The van der Waals surface area contributed by atoms with Crippen LogP contribution in [-0.4, -0.2) is 50.8 Å². The Morgan fingerprint density at radius 3 is 2.79 bits per heavy atom. The molecular weight excluding hydrogens is 435 g/mol. The van der Waals surface area contributed by atoms with Gasteiger partial charge in [-0.15, -0.1) is 10.2 Å². The number of amides is 1. The van der Waals surface area contributed by atoms with Crippen molar-refractivity contribution < 1.29 is 13.9 Å². The van der Waals surface area contributed by atoms with Crippen LogP contribution < -0.4 is 10.1 Å². The minimum Gasteiger partial charge on any atom is -0.494 e. The fraction of sp³-hybridized carbons (Fsp3) is 0.440. The van der Waals surface area contributed by atoms with E-state index in [1.165, 1.54) is 13.2 Å². The molecule has 2 aromatic heterocycles. The van der Waals surface area contributed by atoms with Crippen LogP contribution in [0.2, 0.25) is 0 Å². The molecule has 1 unspecified atom stereocenters. The Labute approximate surface area is 199 Å². The van der Waals surface area contributed by atoms with E-state index in [9.17, 15) is 9.18 Å². The number of fused-ring (bicyclic) bond motifs is 1. The lowest BCUT2D eigenvalue weighted by atomic mass is 10.0. The van der Waals surface area contributed by atoms with Crippen molar-refractivity contribution in [2.75, 3.05) is 20.2 Å². The molecule has 0 aliphatic carbocycles. The monoisotopic (exact) mass is 466 g/mol. The predicted molar refractivity (Wildman–Crippen MR) is 126 cm³/mol. The molecule has 9 heteroatoms. The van der Waals surface area contributed by atoms with Crippen molar-refractivity contribution in [2.45, 2.75) is 45.8 Å². The van der Waals surface area contributed by atoms with Crippen LogP contribution in [-0.2, 0) is 19.5 Å². The van der Waals surface area contributed by atoms with Crippen LogP contribution >= 0.6 is 0 Å². The van der Waals surface area contributed by atoms with Gasteiger partial charge in [-0.1, -0.05) is 19.9 Å². The molecular formula is C25H31FN6O2. The lowest BCUT2D eigenvalue weighted by molar-refractivity contribution is 0.0928. The van der Waals surface area contributed by atoms with Crippen molar-refractivity contribution in [2.24, 2.45) is 5.92 Å². The van der Waals surface area contributed by atoms with Gasteiger partial charge in [0.05, 0.1) is 18.7 Å². The highest BCUT2D eigenvalue weighted by atomic mass is 19.1. The second-order valence-electron chi connectivity index (χ2n) is 9.02. The highest BCUT2D eigenvalue weighted by Gasteiger charge is 2.26. The molecule has 0 bridgehead atoms. The number of carbonyl (C=O) groups excluding carboxylic acids is 1. The number of hydrogen-bond donors (Lipinski definition) is 1. The van der Waals surface area contributed by atoms with E-state index in [-0.39, 0.29) is 23.5 Å². The number of halogens is 1. The van der Waals surface area contributed by atoms with E-state index in [2.05, 4.69) is 43.8 Å². The van der Waals surface area contributed by atoms with Gasteiger partial charge in [-0.3, -0.25) is 14.7 Å². The normalized spacial score (nSPS) is 15.0. The van der Waals surface area contributed by atoms with E-state index in [0.717, 1.165) is 43.1 Å². The number of nitrogens with one attached hydrogen (secondary N) is 1. The van der Waals surface area contributed by atoms with Crippen molar-refractivity contribution in [3.8, 4) is 5.75 Å². The molecule has 0 saturated heterocycles. The average molecular weight is 467 g/mol. The first-order valence-electron chi connectivity index (χ1n) is 11.6. The quantitative estimate of drug-likeness (QED) is 0.548. The summed E-state index contributed by atoms with van der Waals surface area (Å²) in [5.41, 5.74) is 1.52. The number of carbonyl (C=O) groups is 1. The number of methoxy groups -OCH3 is 1. The smallest absolute Gasteiger partial charge is 0.253 e. The Morgan fingerprint density at radius 2 is 2.06 bits per heavy atom. The standard InChI is InChI=1S/C25H31FN6O2/c1-17(2)13-21(28-25(33)19-5-4-9-27-15-19)24-30-29-23-8-10-31(11-12-32(23)24)16-18-6-7-20(26)22(14-18)34-3/h4-7,9,14-15,17,21H,8,10-13,16H2,1-3H3,(H,28,33). The highest BCUT2D eigenvalue weighted by Crippen LogP contribution is 2.24. The maximum atomic E-state index is 13.8. The molecule has 0 radical (unpaired) electrons. The van der Waals surface area contributed by atoms with Gasteiger partial charge in [0.2, 0.25) is 0 Å². The summed E-state index contributed by atoms with van der Waals surface area (Å²) < 4.78 is 21.0. The van der Waals surface area contributed by atoms with Gasteiger partial charge in [-0.2, -0.15) is 0 Å². The van der Waals surface area contributed by atoms with E-state index in [1.54, 1.807) is 36.7 Å². The lowest BCUT2D eigenvalue weighted by Crippen LogP contribution is -2.32. The van der Waals surface area contributed by atoms with Gasteiger partial charge in [0.1, 0.15) is 5.82 Å². The molecule has 3 heterocycles. The summed E-state index contributed by atoms with van der Waals surface area (Å²) in [5.74, 6) is 1.79. The van der Waals surface area contributed by atoms with Crippen LogP contribution in [0.25, 0.3) is 0 Å². The summed E-state index contributed by atoms with van der Waals surface area (Å²) in [6.07, 6.45) is 4.71. The number of hydrogen-bond acceptors (Lipinski definition) is 6. The van der Waals surface area contributed by atoms with Crippen molar-refractivity contribution >= 4 is 5.91 Å². The third-order valence-electron chi connectivity index (χ3n) is 6.02. The summed E-state index contributed by atoms with van der Waals surface area (Å²) in [6.45, 7) is 7.27. The second-order valence-corrected chi connectivity index (χ2v) is 9.02. The van der Waals surface area contributed by atoms with Crippen LogP contribution in [0.5, 0.6) is 5.75 Å². The number of benzene rings is 1. The van der Waals surface area contributed by atoms with E-state index < -0.39 is 0 Å². The molecule has 180 valence electrons. The molecule has 1 aliphatic heterocycles. The third kappa shape index (κ3) is 5.59. The van der Waals surface area contributed by atoms with Gasteiger partial charge in [-0.25, -0.2) is 4.39 Å². The summed E-state index contributed by atoms with van der Waals surface area (Å²) >= 11 is 0. The van der Waals surface area contributed by atoms with Crippen molar-refractivity contribution in [3.05, 3.63) is 71.3 Å². The Hall–Kier alpha value is -3.33. The molecule has 0 fully saturated rings. The zero-order valence-electron chi connectivity index (χ0n) is 19.9. The topological polar surface area (TPSA) is 85.2 Å². The van der Waals surface area contributed by atoms with Gasteiger partial charge in [-0.05, 0) is 42.2 Å². The molecule has 0 spiro atoms. The van der Waals surface area contributed by atoms with Gasteiger partial charge < -0.3 is 14.6 Å². The summed E-state index contributed by atoms with van der Waals surface area (Å²) in [6, 6.07) is 8.24. The van der Waals surface area contributed by atoms with Crippen LogP contribution in [0, 0.1) is 11.7 Å². The minimum atomic E-state index is -0.359. The van der Waals surface area contributed by atoms with E-state index in [1.807, 2.05) is 0 Å². The van der Waals surface area contributed by atoms with Gasteiger partial charge >= 0.3 is 0 Å². The first kappa shape index (κ1) is 23.8. The molecule has 34 heavy (non-hydrogen) atoms. The Kier molecular flexibility index (Phi) is 7.52. The van der Waals surface area contributed by atoms with Crippen LogP contribution in [0.3, 0.4) is 0 Å². The van der Waals surface area contributed by atoms with Crippen molar-refractivity contribution in [3.63, 3.8) is 0 Å². The summed E-state index contributed by atoms with van der Waals surface area (Å²) in [5, 5.41) is 12.1. The molecule has 1 N–H and O–H groups in total. The number of rotatable bonds is 8. The first-order chi connectivity index (χ1) is 16.4. The minimum absolute atomic E-state index is 0.170. The zero-order chi connectivity index (χ0) is 24.1. The molecule has 0 saturated carbocycles. The molecule has 1 aromatic carbocycles. The maximum absolute atomic E-state index is 13.8. The van der Waals surface area contributed by atoms with Crippen LogP contribution in [0.4, 0.5) is 4.39 Å². The highest BCUT2D eigenvalue weighted by molar-refractivity contribution is 5.94. The van der Waals surface area contributed by atoms with Gasteiger partial charge in [0, 0.05) is 45.0 Å². The van der Waals surface area contributed by atoms with Gasteiger partial charge in [0.25, 0.3) is 5.91 Å². The second kappa shape index (κ2) is 10.7. The number of pyridine rings is 1. The number of nitrogens with zero attached hydrogens (tertiary/aromatic N) is 5. The molecule has 4 rings (SSSR count). The third-order valence-corrected chi connectivity index (χ3v) is 6.02. The fourth-order valence-electron chi connectivity index (χ4n) is 4.30. The Bertz CT molecular complexity index is 1120. The van der Waals surface area contributed by atoms with Crippen molar-refractivity contribution in [1.29, 1.82) is 0 Å². The van der Waals surface area contributed by atoms with Crippen LogP contribution in [0.15, 0.2) is 42.7 Å². The molecule has 8 nitrogen and oxygen atoms in total. The number of aromatic nitrogens is 4. The predicted octanol–water partition coefficient (Wildman–Crippen LogP) is 3.40. The molecule has 1 amide bonds. The molecule has 1 atom stereocenters. The SMILES string of the molecule is COc1cc(CN2CCc3nnc(C(CC(C)C)NC(=O)c4cccnc4)n3CC2)ccc1F. The summed E-state index contributed by atoms with van der Waals surface area (Å²) in [7, 11) is 1.47.